The monoisotopic (exact) mass is 517 g/mol. The molecule has 0 saturated heterocycles. The third-order valence-corrected chi connectivity index (χ3v) is 5.45. The Hall–Kier alpha value is -4.45. The van der Waals surface area contributed by atoms with Gasteiger partial charge in [-0.2, -0.15) is 13.2 Å². The van der Waals surface area contributed by atoms with Crippen molar-refractivity contribution in [3.05, 3.63) is 95.6 Å². The first-order valence-corrected chi connectivity index (χ1v) is 10.8. The predicted octanol–water partition coefficient (Wildman–Crippen LogP) is 3.57. The number of hydrogen-bond donors (Lipinski definition) is 5. The average Bonchev–Trinajstić information content (AvgIpc) is 3.27. The number of aromatic nitrogens is 1. The number of hydrogen-bond acceptors (Lipinski definition) is 5. The summed E-state index contributed by atoms with van der Waals surface area (Å²) in [7, 11) is 0. The number of amides is 2. The van der Waals surface area contributed by atoms with E-state index >= 15 is 0 Å². The van der Waals surface area contributed by atoms with E-state index in [9.17, 15) is 32.3 Å². The van der Waals surface area contributed by atoms with Gasteiger partial charge in [-0.15, -0.1) is 6.58 Å². The summed E-state index contributed by atoms with van der Waals surface area (Å²) >= 11 is 0. The van der Waals surface area contributed by atoms with E-state index in [4.69, 9.17) is 11.1 Å². The molecule has 0 radical (unpaired) electrons. The molecule has 1 unspecified atom stereocenters. The van der Waals surface area contributed by atoms with Gasteiger partial charge in [-0.1, -0.05) is 12.1 Å². The number of anilines is 2. The second-order valence-electron chi connectivity index (χ2n) is 7.99. The number of benzene rings is 2. The minimum atomic E-state index is -5.24. The molecule has 12 heteroatoms. The van der Waals surface area contributed by atoms with Gasteiger partial charge in [0.1, 0.15) is 11.5 Å². The number of aliphatic hydroxyl groups is 1. The lowest BCUT2D eigenvalue weighted by atomic mass is 9.86. The van der Waals surface area contributed by atoms with E-state index in [1.165, 1.54) is 36.4 Å². The van der Waals surface area contributed by atoms with Gasteiger partial charge in [0.05, 0.1) is 6.54 Å². The second-order valence-corrected chi connectivity index (χ2v) is 7.99. The van der Waals surface area contributed by atoms with E-state index in [1.807, 2.05) is 0 Å². The van der Waals surface area contributed by atoms with Crippen molar-refractivity contribution in [2.75, 3.05) is 11.9 Å². The normalized spacial score (nSPS) is 12.9. The fourth-order valence-electron chi connectivity index (χ4n) is 3.65. The van der Waals surface area contributed by atoms with Crippen LogP contribution in [-0.4, -0.2) is 40.4 Å². The van der Waals surface area contributed by atoms with Crippen LogP contribution in [0.25, 0.3) is 0 Å². The molecule has 0 saturated carbocycles. The molecule has 1 atom stereocenters. The zero-order valence-electron chi connectivity index (χ0n) is 19.3. The summed E-state index contributed by atoms with van der Waals surface area (Å²) < 4.78 is 57.6. The Morgan fingerprint density at radius 3 is 2.35 bits per heavy atom. The molecule has 0 aliphatic carbocycles. The van der Waals surface area contributed by atoms with Gasteiger partial charge in [-0.25, -0.2) is 4.39 Å². The SMILES string of the molecule is C=CCn1cc(C(O)(c2ccc(Nc3ccc(F)cc3)c(C=N)c2)C(F)(F)F)cc1C(=O)NCC(N)=O. The molecular formula is C25H23F4N5O3. The van der Waals surface area contributed by atoms with Gasteiger partial charge >= 0.3 is 6.18 Å². The molecule has 6 N–H and O–H groups in total. The van der Waals surface area contributed by atoms with E-state index in [1.54, 1.807) is 0 Å². The Morgan fingerprint density at radius 1 is 1.11 bits per heavy atom. The molecule has 1 heterocycles. The lowest BCUT2D eigenvalue weighted by Crippen LogP contribution is -2.43. The van der Waals surface area contributed by atoms with Gasteiger partial charge in [-0.3, -0.25) is 9.59 Å². The smallest absolute Gasteiger partial charge is 0.372 e. The summed E-state index contributed by atoms with van der Waals surface area (Å²) in [6.07, 6.45) is -2.13. The van der Waals surface area contributed by atoms with Crippen molar-refractivity contribution in [2.24, 2.45) is 5.73 Å². The van der Waals surface area contributed by atoms with Gasteiger partial charge in [0, 0.05) is 41.5 Å². The van der Waals surface area contributed by atoms with Crippen LogP contribution in [0.4, 0.5) is 28.9 Å². The van der Waals surface area contributed by atoms with Gasteiger partial charge < -0.3 is 31.5 Å². The summed E-state index contributed by atoms with van der Waals surface area (Å²) in [6.45, 7) is 2.91. The topological polar surface area (TPSA) is 133 Å². The lowest BCUT2D eigenvalue weighted by Gasteiger charge is -2.31. The Bertz CT molecular complexity index is 1340. The Kier molecular flexibility index (Phi) is 7.82. The predicted molar refractivity (Wildman–Crippen MR) is 129 cm³/mol. The molecule has 2 amide bonds. The molecule has 8 nitrogen and oxygen atoms in total. The van der Waals surface area contributed by atoms with Gasteiger partial charge in [-0.05, 0) is 48.0 Å². The molecule has 194 valence electrons. The number of nitrogens with zero attached hydrogens (tertiary/aromatic N) is 1. The van der Waals surface area contributed by atoms with Crippen molar-refractivity contribution < 1.29 is 32.3 Å². The van der Waals surface area contributed by atoms with E-state index in [-0.39, 0.29) is 23.5 Å². The standard InChI is InChI=1S/C25H23F4N5O3/c1-2-9-34-14-17(11-21(34)23(36)32-13-22(31)35)24(37,25(27,28)29)16-3-8-20(15(10-16)12-30)33-19-6-4-18(26)5-7-19/h2-8,10-12,14,30,33,37H,1,9,13H2,(H2,31,35)(H,32,36). The van der Waals surface area contributed by atoms with Crippen molar-refractivity contribution in [2.45, 2.75) is 18.3 Å². The van der Waals surface area contributed by atoms with Gasteiger partial charge in [0.2, 0.25) is 11.5 Å². The molecule has 0 bridgehead atoms. The number of nitrogens with two attached hydrogens (primary N) is 1. The van der Waals surface area contributed by atoms with Crippen LogP contribution in [0.1, 0.15) is 27.2 Å². The summed E-state index contributed by atoms with van der Waals surface area (Å²) in [5.41, 5.74) is 0.587. The first-order chi connectivity index (χ1) is 17.4. The van der Waals surface area contributed by atoms with Crippen molar-refractivity contribution in [1.82, 2.24) is 9.88 Å². The number of carbonyl (C=O) groups excluding carboxylic acids is 2. The molecule has 0 aliphatic rings. The summed E-state index contributed by atoms with van der Waals surface area (Å²) in [6, 6.07) is 9.34. The third-order valence-electron chi connectivity index (χ3n) is 5.45. The van der Waals surface area contributed by atoms with Gasteiger partial charge in [0.15, 0.2) is 0 Å². The molecule has 0 spiro atoms. The van der Waals surface area contributed by atoms with Crippen LogP contribution in [0.2, 0.25) is 0 Å². The Morgan fingerprint density at radius 2 is 1.78 bits per heavy atom. The zero-order chi connectivity index (χ0) is 27.4. The van der Waals surface area contributed by atoms with Crippen molar-refractivity contribution in [1.29, 1.82) is 5.41 Å². The highest BCUT2D eigenvalue weighted by Crippen LogP contribution is 2.45. The van der Waals surface area contributed by atoms with Crippen LogP contribution in [0.5, 0.6) is 0 Å². The van der Waals surface area contributed by atoms with Crippen LogP contribution in [0, 0.1) is 11.2 Å². The molecule has 3 aromatic rings. The second kappa shape index (κ2) is 10.7. The highest BCUT2D eigenvalue weighted by Gasteiger charge is 2.57. The number of nitrogens with one attached hydrogen (secondary N) is 3. The third kappa shape index (κ3) is 5.70. The summed E-state index contributed by atoms with van der Waals surface area (Å²) in [5, 5.41) is 23.9. The van der Waals surface area contributed by atoms with E-state index in [2.05, 4.69) is 17.2 Å². The Balaban J connectivity index is 2.09. The first-order valence-electron chi connectivity index (χ1n) is 10.8. The Labute approximate surface area is 208 Å². The number of alkyl halides is 3. The first kappa shape index (κ1) is 27.1. The maximum absolute atomic E-state index is 14.4. The van der Waals surface area contributed by atoms with E-state index < -0.39 is 47.1 Å². The minimum Gasteiger partial charge on any atom is -0.372 e. The number of allylic oxidation sites excluding steroid dienone is 1. The number of carbonyl (C=O) groups is 2. The molecule has 0 fully saturated rings. The zero-order valence-corrected chi connectivity index (χ0v) is 19.3. The average molecular weight is 517 g/mol. The lowest BCUT2D eigenvalue weighted by molar-refractivity contribution is -0.248. The largest absolute Gasteiger partial charge is 0.425 e. The molecule has 0 aliphatic heterocycles. The molecule has 2 aromatic carbocycles. The van der Waals surface area contributed by atoms with Crippen molar-refractivity contribution in [3.63, 3.8) is 0 Å². The van der Waals surface area contributed by atoms with Crippen molar-refractivity contribution >= 4 is 29.4 Å². The summed E-state index contributed by atoms with van der Waals surface area (Å²) in [4.78, 5) is 23.5. The maximum atomic E-state index is 14.4. The summed E-state index contributed by atoms with van der Waals surface area (Å²) in [5.74, 6) is -2.21. The van der Waals surface area contributed by atoms with E-state index in [0.717, 1.165) is 35.2 Å². The van der Waals surface area contributed by atoms with Gasteiger partial charge in [0.25, 0.3) is 5.91 Å². The molecule has 37 heavy (non-hydrogen) atoms. The van der Waals surface area contributed by atoms with Crippen LogP contribution >= 0.6 is 0 Å². The highest BCUT2D eigenvalue weighted by atomic mass is 19.4. The minimum absolute atomic E-state index is 0.00875. The highest BCUT2D eigenvalue weighted by molar-refractivity contribution is 5.95. The quantitative estimate of drug-likeness (QED) is 0.160. The molecular weight excluding hydrogens is 494 g/mol. The van der Waals surface area contributed by atoms with Crippen LogP contribution < -0.4 is 16.4 Å². The van der Waals surface area contributed by atoms with Crippen LogP contribution in [-0.2, 0) is 16.9 Å². The number of primary amides is 1. The van der Waals surface area contributed by atoms with Crippen molar-refractivity contribution in [3.8, 4) is 0 Å². The fourth-order valence-corrected chi connectivity index (χ4v) is 3.65. The van der Waals surface area contributed by atoms with Crippen LogP contribution in [0.15, 0.2) is 67.4 Å². The number of rotatable bonds is 10. The number of halogens is 4. The maximum Gasteiger partial charge on any atom is 0.425 e. The molecule has 3 rings (SSSR count). The molecule has 1 aromatic heterocycles. The van der Waals surface area contributed by atoms with Crippen LogP contribution in [0.3, 0.4) is 0 Å². The fraction of sp³-hybridized carbons (Fsp3) is 0.160. The van der Waals surface area contributed by atoms with E-state index in [0.29, 0.717) is 5.69 Å².